The van der Waals surface area contributed by atoms with Gasteiger partial charge in [0.25, 0.3) is 0 Å². The molecule has 2 aromatic rings. The van der Waals surface area contributed by atoms with E-state index in [-0.39, 0.29) is 19.2 Å². The van der Waals surface area contributed by atoms with E-state index in [1.807, 2.05) is 36.5 Å². The highest BCUT2D eigenvalue weighted by Gasteiger charge is 2.00. The molecule has 0 aliphatic heterocycles. The number of aromatic nitrogens is 2. The summed E-state index contributed by atoms with van der Waals surface area (Å²) >= 11 is 0. The lowest BCUT2D eigenvalue weighted by molar-refractivity contribution is 0.234. The average molecular weight is 274 g/mol. The van der Waals surface area contributed by atoms with Gasteiger partial charge in [0.1, 0.15) is 0 Å². The van der Waals surface area contributed by atoms with Crippen molar-refractivity contribution in [3.8, 4) is 5.69 Å². The van der Waals surface area contributed by atoms with Gasteiger partial charge in [0, 0.05) is 25.5 Å². The van der Waals surface area contributed by atoms with Crippen LogP contribution in [0.2, 0.25) is 0 Å². The maximum absolute atomic E-state index is 11.3. The predicted octanol–water partition coefficient (Wildman–Crippen LogP) is 0.706. The summed E-state index contributed by atoms with van der Waals surface area (Å²) in [6.07, 6.45) is 4.39. The normalized spacial score (nSPS) is 10.2. The molecule has 0 fully saturated rings. The third-order valence-corrected chi connectivity index (χ3v) is 2.80. The zero-order valence-electron chi connectivity index (χ0n) is 11.1. The molecule has 0 aliphatic rings. The highest BCUT2D eigenvalue weighted by molar-refractivity contribution is 5.73. The van der Waals surface area contributed by atoms with Crippen molar-refractivity contribution < 1.29 is 9.90 Å². The Labute approximate surface area is 117 Å². The van der Waals surface area contributed by atoms with Gasteiger partial charge < -0.3 is 15.7 Å². The van der Waals surface area contributed by atoms with Crippen molar-refractivity contribution in [2.75, 3.05) is 19.7 Å². The van der Waals surface area contributed by atoms with Crippen molar-refractivity contribution in [2.24, 2.45) is 0 Å². The Morgan fingerprint density at radius 1 is 1.20 bits per heavy atom. The number of aliphatic hydroxyl groups excluding tert-OH is 1. The Balaban J connectivity index is 1.78. The molecule has 0 saturated carbocycles. The lowest BCUT2D eigenvalue weighted by Crippen LogP contribution is -2.37. The third-order valence-electron chi connectivity index (χ3n) is 2.80. The molecule has 2 amide bonds. The number of urea groups is 1. The third kappa shape index (κ3) is 4.10. The maximum atomic E-state index is 11.3. The van der Waals surface area contributed by atoms with Gasteiger partial charge in [0.15, 0.2) is 0 Å². The summed E-state index contributed by atoms with van der Waals surface area (Å²) in [7, 11) is 0. The summed E-state index contributed by atoms with van der Waals surface area (Å²) in [6, 6.07) is 9.65. The lowest BCUT2D eigenvalue weighted by atomic mass is 10.1. The molecule has 0 spiro atoms. The van der Waals surface area contributed by atoms with Crippen LogP contribution in [0.5, 0.6) is 0 Å². The Kier molecular flexibility index (Phi) is 5.14. The Hall–Kier alpha value is -2.34. The molecule has 0 unspecified atom stereocenters. The van der Waals surface area contributed by atoms with E-state index in [1.54, 1.807) is 10.9 Å². The number of hydrogen-bond acceptors (Lipinski definition) is 3. The number of rotatable bonds is 6. The summed E-state index contributed by atoms with van der Waals surface area (Å²) in [4.78, 5) is 11.3. The van der Waals surface area contributed by atoms with Crippen molar-refractivity contribution in [1.29, 1.82) is 0 Å². The van der Waals surface area contributed by atoms with E-state index in [9.17, 15) is 4.79 Å². The summed E-state index contributed by atoms with van der Waals surface area (Å²) in [5.74, 6) is 0. The molecular weight excluding hydrogens is 256 g/mol. The van der Waals surface area contributed by atoms with Crippen LogP contribution in [0, 0.1) is 0 Å². The molecule has 0 atom stereocenters. The van der Waals surface area contributed by atoms with Gasteiger partial charge >= 0.3 is 6.03 Å². The van der Waals surface area contributed by atoms with Gasteiger partial charge in [-0.3, -0.25) is 0 Å². The molecule has 106 valence electrons. The van der Waals surface area contributed by atoms with E-state index < -0.39 is 0 Å². The van der Waals surface area contributed by atoms with E-state index in [4.69, 9.17) is 5.11 Å². The summed E-state index contributed by atoms with van der Waals surface area (Å²) in [5, 5.41) is 18.0. The number of benzene rings is 1. The molecule has 3 N–H and O–H groups in total. The fourth-order valence-electron chi connectivity index (χ4n) is 1.79. The van der Waals surface area contributed by atoms with E-state index in [1.165, 1.54) is 0 Å². The van der Waals surface area contributed by atoms with Crippen LogP contribution in [-0.4, -0.2) is 40.6 Å². The predicted molar refractivity (Wildman–Crippen MR) is 75.8 cm³/mol. The second-order valence-corrected chi connectivity index (χ2v) is 4.27. The maximum Gasteiger partial charge on any atom is 0.314 e. The minimum absolute atomic E-state index is 0.0533. The van der Waals surface area contributed by atoms with Crippen LogP contribution in [-0.2, 0) is 6.42 Å². The number of nitrogens with one attached hydrogen (secondary N) is 2. The van der Waals surface area contributed by atoms with E-state index in [0.29, 0.717) is 6.54 Å². The van der Waals surface area contributed by atoms with Gasteiger partial charge in [0.2, 0.25) is 0 Å². The monoisotopic (exact) mass is 274 g/mol. The molecule has 1 aromatic carbocycles. The Morgan fingerprint density at radius 3 is 2.60 bits per heavy atom. The van der Waals surface area contributed by atoms with Gasteiger partial charge in [-0.1, -0.05) is 12.1 Å². The largest absolute Gasteiger partial charge is 0.395 e. The van der Waals surface area contributed by atoms with Gasteiger partial charge in [-0.2, -0.15) is 5.10 Å². The number of carbonyl (C=O) groups is 1. The minimum Gasteiger partial charge on any atom is -0.395 e. The van der Waals surface area contributed by atoms with Crippen LogP contribution in [0.25, 0.3) is 5.69 Å². The number of hydrogen-bond donors (Lipinski definition) is 3. The van der Waals surface area contributed by atoms with Crippen molar-refractivity contribution in [3.05, 3.63) is 48.3 Å². The van der Waals surface area contributed by atoms with Crippen LogP contribution in [0.15, 0.2) is 42.7 Å². The zero-order valence-corrected chi connectivity index (χ0v) is 11.1. The minimum atomic E-state index is -0.257. The second kappa shape index (κ2) is 7.30. The highest BCUT2D eigenvalue weighted by atomic mass is 16.3. The average Bonchev–Trinajstić information content (AvgIpc) is 3.00. The van der Waals surface area contributed by atoms with Crippen LogP contribution in [0.3, 0.4) is 0 Å². The molecule has 20 heavy (non-hydrogen) atoms. The SMILES string of the molecule is O=C(NCCO)NCCc1ccc(-n2cccn2)cc1. The molecule has 0 saturated heterocycles. The summed E-state index contributed by atoms with van der Waals surface area (Å²) in [6.45, 7) is 0.769. The zero-order chi connectivity index (χ0) is 14.2. The molecule has 6 heteroatoms. The molecule has 0 aliphatic carbocycles. The molecule has 0 radical (unpaired) electrons. The first-order valence-electron chi connectivity index (χ1n) is 6.51. The standard InChI is InChI=1S/C14H18N4O2/c19-11-9-16-14(20)15-8-6-12-2-4-13(5-3-12)18-10-1-7-17-18/h1-5,7,10,19H,6,8-9,11H2,(H2,15,16,20). The number of carbonyl (C=O) groups excluding carboxylic acids is 1. The number of aliphatic hydroxyl groups is 1. The van der Waals surface area contributed by atoms with E-state index >= 15 is 0 Å². The van der Waals surface area contributed by atoms with Crippen LogP contribution in [0.4, 0.5) is 4.79 Å². The van der Waals surface area contributed by atoms with Gasteiger partial charge in [0.05, 0.1) is 12.3 Å². The van der Waals surface area contributed by atoms with E-state index in [2.05, 4.69) is 15.7 Å². The molecular formula is C14H18N4O2. The van der Waals surface area contributed by atoms with Gasteiger partial charge in [-0.25, -0.2) is 9.48 Å². The van der Waals surface area contributed by atoms with Gasteiger partial charge in [-0.05, 0) is 30.2 Å². The quantitative estimate of drug-likeness (QED) is 0.725. The molecule has 2 rings (SSSR count). The highest BCUT2D eigenvalue weighted by Crippen LogP contribution is 2.08. The first kappa shape index (κ1) is 14.1. The molecule has 6 nitrogen and oxygen atoms in total. The van der Waals surface area contributed by atoms with Crippen molar-refractivity contribution in [1.82, 2.24) is 20.4 Å². The van der Waals surface area contributed by atoms with E-state index in [0.717, 1.165) is 17.7 Å². The summed E-state index contributed by atoms with van der Waals surface area (Å²) < 4.78 is 1.80. The van der Waals surface area contributed by atoms with Crippen molar-refractivity contribution in [3.63, 3.8) is 0 Å². The smallest absolute Gasteiger partial charge is 0.314 e. The fourth-order valence-corrected chi connectivity index (χ4v) is 1.79. The fraction of sp³-hybridized carbons (Fsp3) is 0.286. The topological polar surface area (TPSA) is 79.2 Å². The van der Waals surface area contributed by atoms with Gasteiger partial charge in [-0.15, -0.1) is 0 Å². The number of nitrogens with zero attached hydrogens (tertiary/aromatic N) is 2. The number of amides is 2. The first-order valence-corrected chi connectivity index (χ1v) is 6.51. The summed E-state index contributed by atoms with van der Waals surface area (Å²) in [5.41, 5.74) is 2.15. The Morgan fingerprint density at radius 2 is 1.95 bits per heavy atom. The first-order chi connectivity index (χ1) is 9.79. The molecule has 1 heterocycles. The van der Waals surface area contributed by atoms with Crippen LogP contribution in [0.1, 0.15) is 5.56 Å². The van der Waals surface area contributed by atoms with Crippen LogP contribution < -0.4 is 10.6 Å². The lowest BCUT2D eigenvalue weighted by Gasteiger charge is -2.07. The van der Waals surface area contributed by atoms with Crippen LogP contribution >= 0.6 is 0 Å². The second-order valence-electron chi connectivity index (χ2n) is 4.27. The molecule has 1 aromatic heterocycles. The van der Waals surface area contributed by atoms with Crippen molar-refractivity contribution >= 4 is 6.03 Å². The molecule has 0 bridgehead atoms. The van der Waals surface area contributed by atoms with Crippen molar-refractivity contribution in [2.45, 2.75) is 6.42 Å². The Bertz CT molecular complexity index is 523.